The highest BCUT2D eigenvalue weighted by molar-refractivity contribution is 6.04. The molecule has 0 saturated carbocycles. The molecule has 2 aromatic carbocycles. The zero-order valence-electron chi connectivity index (χ0n) is 19.5. The van der Waals surface area contributed by atoms with Gasteiger partial charge in [-0.1, -0.05) is 54.6 Å². The van der Waals surface area contributed by atoms with Crippen LogP contribution in [0, 0.1) is 0 Å². The molecule has 0 radical (unpaired) electrons. The van der Waals surface area contributed by atoms with Gasteiger partial charge in [0, 0.05) is 42.9 Å². The Bertz CT molecular complexity index is 1440. The number of pyridine rings is 1. The van der Waals surface area contributed by atoms with Crippen LogP contribution in [0.25, 0.3) is 22.0 Å². The summed E-state index contributed by atoms with van der Waals surface area (Å²) in [5.74, 6) is -1.46. The standard InChI is InChI=1S/C26H24N4O5/c1-4-30-25(32)24(28-21-15-27-14-19-12-8-9-13-20(19)21)22(26(33)35-17(3)34-16(2)31)23(29-30)18-10-6-5-7-11-18/h5-15,17,28H,4H2,1-3H3. The maximum absolute atomic E-state index is 13.4. The fourth-order valence-electron chi connectivity index (χ4n) is 3.72. The van der Waals surface area contributed by atoms with Crippen LogP contribution in [-0.2, 0) is 20.8 Å². The molecule has 1 unspecified atom stereocenters. The van der Waals surface area contributed by atoms with E-state index in [1.54, 1.807) is 43.6 Å². The van der Waals surface area contributed by atoms with E-state index in [9.17, 15) is 14.4 Å². The smallest absolute Gasteiger partial charge is 0.345 e. The lowest BCUT2D eigenvalue weighted by Crippen LogP contribution is -2.30. The number of fused-ring (bicyclic) bond motifs is 1. The van der Waals surface area contributed by atoms with Crippen molar-refractivity contribution in [3.8, 4) is 11.3 Å². The summed E-state index contributed by atoms with van der Waals surface area (Å²) in [6.45, 7) is 4.70. The van der Waals surface area contributed by atoms with Gasteiger partial charge in [-0.25, -0.2) is 9.48 Å². The van der Waals surface area contributed by atoms with Gasteiger partial charge in [0.25, 0.3) is 5.56 Å². The predicted octanol–water partition coefficient (Wildman–Crippen LogP) is 4.29. The largest absolute Gasteiger partial charge is 0.426 e. The average molecular weight is 473 g/mol. The van der Waals surface area contributed by atoms with Crippen molar-refractivity contribution in [2.24, 2.45) is 0 Å². The summed E-state index contributed by atoms with van der Waals surface area (Å²) in [5.41, 5.74) is 0.808. The third kappa shape index (κ3) is 5.03. The van der Waals surface area contributed by atoms with E-state index in [1.807, 2.05) is 30.3 Å². The van der Waals surface area contributed by atoms with Gasteiger partial charge in [-0.15, -0.1) is 0 Å². The zero-order valence-corrected chi connectivity index (χ0v) is 19.5. The number of nitrogens with zero attached hydrogens (tertiary/aromatic N) is 3. The van der Waals surface area contributed by atoms with Crippen molar-refractivity contribution in [2.75, 3.05) is 5.32 Å². The normalized spacial score (nSPS) is 11.6. The molecule has 0 saturated heterocycles. The summed E-state index contributed by atoms with van der Waals surface area (Å²) in [7, 11) is 0. The lowest BCUT2D eigenvalue weighted by atomic mass is 10.0. The van der Waals surface area contributed by atoms with E-state index in [2.05, 4.69) is 15.4 Å². The Labute approximate surface area is 201 Å². The fraction of sp³-hybridized carbons (Fsp3) is 0.192. The van der Waals surface area contributed by atoms with Gasteiger partial charge < -0.3 is 14.8 Å². The first-order chi connectivity index (χ1) is 16.9. The molecule has 2 aromatic heterocycles. The van der Waals surface area contributed by atoms with E-state index in [1.165, 1.54) is 18.5 Å². The molecule has 35 heavy (non-hydrogen) atoms. The lowest BCUT2D eigenvalue weighted by Gasteiger charge is -2.19. The van der Waals surface area contributed by atoms with Gasteiger partial charge in [0.1, 0.15) is 16.9 Å². The Balaban J connectivity index is 1.93. The molecule has 9 nitrogen and oxygen atoms in total. The highest BCUT2D eigenvalue weighted by Gasteiger charge is 2.27. The molecule has 4 aromatic rings. The Morgan fingerprint density at radius 3 is 2.46 bits per heavy atom. The van der Waals surface area contributed by atoms with Crippen LogP contribution in [0.3, 0.4) is 0 Å². The summed E-state index contributed by atoms with van der Waals surface area (Å²) in [5, 5.41) is 9.25. The molecule has 1 N–H and O–H groups in total. The number of ether oxygens (including phenoxy) is 2. The minimum Gasteiger partial charge on any atom is -0.426 e. The first-order valence-electron chi connectivity index (χ1n) is 11.1. The van der Waals surface area contributed by atoms with E-state index in [-0.39, 0.29) is 23.5 Å². The molecule has 0 aliphatic rings. The van der Waals surface area contributed by atoms with Crippen LogP contribution in [0.1, 0.15) is 31.1 Å². The fourth-order valence-corrected chi connectivity index (χ4v) is 3.72. The van der Waals surface area contributed by atoms with Crippen molar-refractivity contribution in [2.45, 2.75) is 33.6 Å². The number of esters is 2. The van der Waals surface area contributed by atoms with Gasteiger partial charge in [0.15, 0.2) is 0 Å². The monoisotopic (exact) mass is 472 g/mol. The molecule has 0 amide bonds. The summed E-state index contributed by atoms with van der Waals surface area (Å²) in [6.07, 6.45) is 2.13. The maximum Gasteiger partial charge on any atom is 0.345 e. The van der Waals surface area contributed by atoms with Crippen molar-refractivity contribution in [3.05, 3.63) is 82.9 Å². The lowest BCUT2D eigenvalue weighted by molar-refractivity contribution is -0.162. The first-order valence-corrected chi connectivity index (χ1v) is 11.1. The Morgan fingerprint density at radius 2 is 1.74 bits per heavy atom. The van der Waals surface area contributed by atoms with Crippen LogP contribution in [0.2, 0.25) is 0 Å². The van der Waals surface area contributed by atoms with Gasteiger partial charge in [0.05, 0.1) is 11.9 Å². The van der Waals surface area contributed by atoms with Crippen molar-refractivity contribution in [1.82, 2.24) is 14.8 Å². The van der Waals surface area contributed by atoms with Crippen LogP contribution in [-0.4, -0.2) is 33.0 Å². The second kappa shape index (κ2) is 10.2. The average Bonchev–Trinajstić information content (AvgIpc) is 2.85. The van der Waals surface area contributed by atoms with Crippen LogP contribution in [0.15, 0.2) is 71.8 Å². The second-order valence-electron chi connectivity index (χ2n) is 7.70. The third-order valence-electron chi connectivity index (χ3n) is 5.24. The molecular formula is C26H24N4O5. The van der Waals surface area contributed by atoms with Gasteiger partial charge >= 0.3 is 11.9 Å². The summed E-state index contributed by atoms with van der Waals surface area (Å²) < 4.78 is 11.6. The van der Waals surface area contributed by atoms with Crippen LogP contribution >= 0.6 is 0 Å². The van der Waals surface area contributed by atoms with Crippen molar-refractivity contribution < 1.29 is 19.1 Å². The highest BCUT2D eigenvalue weighted by atomic mass is 16.7. The third-order valence-corrected chi connectivity index (χ3v) is 5.24. The number of aryl methyl sites for hydroxylation is 1. The molecule has 4 rings (SSSR count). The number of nitrogens with one attached hydrogen (secondary N) is 1. The molecule has 2 heterocycles. The number of hydrogen-bond acceptors (Lipinski definition) is 8. The molecular weight excluding hydrogens is 448 g/mol. The van der Waals surface area contributed by atoms with Gasteiger partial charge in [-0.2, -0.15) is 5.10 Å². The van der Waals surface area contributed by atoms with Gasteiger partial charge in [-0.3, -0.25) is 14.6 Å². The molecule has 0 aliphatic heterocycles. The number of hydrogen-bond donors (Lipinski definition) is 1. The van der Waals surface area contributed by atoms with Crippen molar-refractivity contribution in [3.63, 3.8) is 0 Å². The topological polar surface area (TPSA) is 112 Å². The number of benzene rings is 2. The second-order valence-corrected chi connectivity index (χ2v) is 7.70. The van der Waals surface area contributed by atoms with E-state index in [0.29, 0.717) is 11.3 Å². The van der Waals surface area contributed by atoms with E-state index in [0.717, 1.165) is 10.8 Å². The molecule has 0 bridgehead atoms. The summed E-state index contributed by atoms with van der Waals surface area (Å²) in [6, 6.07) is 16.5. The quantitative estimate of drug-likeness (QED) is 0.313. The number of anilines is 2. The SMILES string of the molecule is CCn1nc(-c2ccccc2)c(C(=O)OC(C)OC(C)=O)c(Nc2cncc3ccccc23)c1=O. The zero-order chi connectivity index (χ0) is 24.9. The molecule has 0 aliphatic carbocycles. The highest BCUT2D eigenvalue weighted by Crippen LogP contribution is 2.30. The predicted molar refractivity (Wildman–Crippen MR) is 131 cm³/mol. The number of aromatic nitrogens is 3. The minimum atomic E-state index is -1.16. The minimum absolute atomic E-state index is 0.0149. The molecule has 1 atom stereocenters. The molecule has 9 heteroatoms. The van der Waals surface area contributed by atoms with E-state index >= 15 is 0 Å². The van der Waals surface area contributed by atoms with E-state index < -0.39 is 23.8 Å². The Hall–Kier alpha value is -4.53. The number of carbonyl (C=O) groups excluding carboxylic acids is 2. The van der Waals surface area contributed by atoms with E-state index in [4.69, 9.17) is 9.47 Å². The molecule has 0 spiro atoms. The maximum atomic E-state index is 13.4. The van der Waals surface area contributed by atoms with Crippen LogP contribution in [0.5, 0.6) is 0 Å². The van der Waals surface area contributed by atoms with Crippen LogP contribution < -0.4 is 10.9 Å². The first kappa shape index (κ1) is 23.6. The molecule has 178 valence electrons. The summed E-state index contributed by atoms with van der Waals surface area (Å²) in [4.78, 5) is 42.4. The van der Waals surface area contributed by atoms with Gasteiger partial charge in [0.2, 0.25) is 6.29 Å². The van der Waals surface area contributed by atoms with Gasteiger partial charge in [-0.05, 0) is 6.92 Å². The molecule has 0 fully saturated rings. The van der Waals surface area contributed by atoms with Crippen LogP contribution in [0.4, 0.5) is 11.4 Å². The Morgan fingerprint density at radius 1 is 1.03 bits per heavy atom. The Kier molecular flexibility index (Phi) is 6.86. The number of rotatable bonds is 7. The number of carbonyl (C=O) groups is 2. The summed E-state index contributed by atoms with van der Waals surface area (Å²) >= 11 is 0. The van der Waals surface area contributed by atoms with Crippen molar-refractivity contribution >= 4 is 34.1 Å². The van der Waals surface area contributed by atoms with Crippen molar-refractivity contribution in [1.29, 1.82) is 0 Å².